The third kappa shape index (κ3) is 3.10. The van der Waals surface area contributed by atoms with E-state index in [1.54, 1.807) is 11.3 Å². The monoisotopic (exact) mass is 306 g/mol. The minimum Gasteiger partial charge on any atom is -0.378 e. The van der Waals surface area contributed by atoms with E-state index in [9.17, 15) is 0 Å². The van der Waals surface area contributed by atoms with Crippen LogP contribution in [0, 0.1) is 0 Å². The summed E-state index contributed by atoms with van der Waals surface area (Å²) in [5.74, 6) is 0. The fourth-order valence-corrected chi connectivity index (χ4v) is 3.69. The molecule has 1 fully saturated rings. The van der Waals surface area contributed by atoms with Crippen molar-refractivity contribution in [2.75, 3.05) is 23.3 Å². The van der Waals surface area contributed by atoms with Crippen LogP contribution in [0.15, 0.2) is 36.4 Å². The molecule has 0 spiro atoms. The molecule has 1 aromatic heterocycles. The first-order valence-electron chi connectivity index (χ1n) is 7.09. The van der Waals surface area contributed by atoms with Crippen LogP contribution in [0.25, 0.3) is 0 Å². The zero-order valence-electron chi connectivity index (χ0n) is 11.6. The molecule has 1 aromatic carbocycles. The van der Waals surface area contributed by atoms with Crippen molar-refractivity contribution in [2.24, 2.45) is 0 Å². The zero-order valence-corrected chi connectivity index (χ0v) is 13.2. The van der Waals surface area contributed by atoms with E-state index in [4.69, 9.17) is 11.6 Å². The third-order valence-electron chi connectivity index (χ3n) is 3.74. The number of hydrogen-bond donors (Lipinski definition) is 1. The van der Waals surface area contributed by atoms with Gasteiger partial charge in [-0.05, 0) is 56.2 Å². The van der Waals surface area contributed by atoms with Gasteiger partial charge >= 0.3 is 0 Å². The van der Waals surface area contributed by atoms with E-state index in [1.807, 2.05) is 6.07 Å². The van der Waals surface area contributed by atoms with E-state index in [0.717, 1.165) is 10.0 Å². The molecule has 0 radical (unpaired) electrons. The summed E-state index contributed by atoms with van der Waals surface area (Å²) in [6.07, 6.45) is 2.63. The van der Waals surface area contributed by atoms with Crippen molar-refractivity contribution in [1.29, 1.82) is 0 Å². The van der Waals surface area contributed by atoms with Gasteiger partial charge < -0.3 is 10.2 Å². The van der Waals surface area contributed by atoms with Crippen molar-refractivity contribution < 1.29 is 0 Å². The molecule has 1 aliphatic heterocycles. The van der Waals surface area contributed by atoms with Crippen LogP contribution in [0.1, 0.15) is 30.7 Å². The number of halogens is 1. The van der Waals surface area contributed by atoms with Crippen LogP contribution in [0.2, 0.25) is 4.34 Å². The van der Waals surface area contributed by atoms with Gasteiger partial charge in [0.05, 0.1) is 10.4 Å². The quantitative estimate of drug-likeness (QED) is 0.837. The second-order valence-electron chi connectivity index (χ2n) is 5.25. The fourth-order valence-electron chi connectivity index (χ4n) is 2.63. The first-order valence-corrected chi connectivity index (χ1v) is 8.28. The van der Waals surface area contributed by atoms with Crippen molar-refractivity contribution in [3.8, 4) is 0 Å². The van der Waals surface area contributed by atoms with Gasteiger partial charge in [0, 0.05) is 29.3 Å². The minimum atomic E-state index is 0.283. The van der Waals surface area contributed by atoms with E-state index in [-0.39, 0.29) is 6.04 Å². The lowest BCUT2D eigenvalue weighted by atomic mass is 10.2. The summed E-state index contributed by atoms with van der Waals surface area (Å²) >= 11 is 7.62. The molecule has 1 aliphatic rings. The summed E-state index contributed by atoms with van der Waals surface area (Å²) < 4.78 is 0.845. The van der Waals surface area contributed by atoms with Gasteiger partial charge in [0.2, 0.25) is 0 Å². The smallest absolute Gasteiger partial charge is 0.0932 e. The Kier molecular flexibility index (Phi) is 4.18. The van der Waals surface area contributed by atoms with E-state index in [0.29, 0.717) is 0 Å². The molecule has 0 aliphatic carbocycles. The summed E-state index contributed by atoms with van der Waals surface area (Å²) in [6.45, 7) is 4.55. The maximum Gasteiger partial charge on any atom is 0.0932 e. The lowest BCUT2D eigenvalue weighted by molar-refractivity contribution is 0.907. The van der Waals surface area contributed by atoms with Crippen molar-refractivity contribution in [2.45, 2.75) is 25.8 Å². The highest BCUT2D eigenvalue weighted by Crippen LogP contribution is 2.29. The van der Waals surface area contributed by atoms with Crippen LogP contribution in [-0.4, -0.2) is 13.1 Å². The molecule has 0 bridgehead atoms. The fraction of sp³-hybridized carbons (Fsp3) is 0.375. The summed E-state index contributed by atoms with van der Waals surface area (Å²) in [5, 5.41) is 3.52. The van der Waals surface area contributed by atoms with Crippen molar-refractivity contribution >= 4 is 34.3 Å². The van der Waals surface area contributed by atoms with Crippen LogP contribution in [0.5, 0.6) is 0 Å². The zero-order chi connectivity index (χ0) is 13.9. The molecule has 0 saturated carbocycles. The van der Waals surface area contributed by atoms with Gasteiger partial charge in [0.1, 0.15) is 0 Å². The molecule has 3 rings (SSSR count). The predicted molar refractivity (Wildman–Crippen MR) is 89.3 cm³/mol. The number of benzene rings is 1. The topological polar surface area (TPSA) is 15.3 Å². The van der Waals surface area contributed by atoms with Crippen LogP contribution in [-0.2, 0) is 0 Å². The number of thiophene rings is 1. The minimum absolute atomic E-state index is 0.283. The highest BCUT2D eigenvalue weighted by Gasteiger charge is 2.12. The maximum absolute atomic E-state index is 5.99. The van der Waals surface area contributed by atoms with Gasteiger partial charge in [-0.3, -0.25) is 0 Å². The molecular formula is C16H19ClN2S. The predicted octanol–water partition coefficient (Wildman–Crippen LogP) is 5.17. The molecule has 2 aromatic rings. The van der Waals surface area contributed by atoms with Crippen LogP contribution in [0.4, 0.5) is 11.4 Å². The molecule has 1 N–H and O–H groups in total. The molecular weight excluding hydrogens is 288 g/mol. The molecule has 4 heteroatoms. The van der Waals surface area contributed by atoms with E-state index in [1.165, 1.54) is 36.5 Å². The number of anilines is 2. The van der Waals surface area contributed by atoms with Gasteiger partial charge in [-0.25, -0.2) is 0 Å². The van der Waals surface area contributed by atoms with Gasteiger partial charge in [0.25, 0.3) is 0 Å². The Balaban J connectivity index is 1.65. The summed E-state index contributed by atoms with van der Waals surface area (Å²) in [7, 11) is 0. The molecule has 0 amide bonds. The standard InChI is InChI=1S/C16H19ClN2S/c1-12(15-8-9-16(17)20-15)18-13-4-6-14(7-5-13)19-10-2-3-11-19/h4-9,12,18H,2-3,10-11H2,1H3. The normalized spacial score (nSPS) is 16.4. The largest absolute Gasteiger partial charge is 0.378 e. The average Bonchev–Trinajstić information content (AvgIpc) is 3.10. The molecule has 2 nitrogen and oxygen atoms in total. The third-order valence-corrected chi connectivity index (χ3v) is 5.16. The molecule has 106 valence electrons. The first kappa shape index (κ1) is 13.8. The lowest BCUT2D eigenvalue weighted by Crippen LogP contribution is -2.17. The van der Waals surface area contributed by atoms with E-state index in [2.05, 4.69) is 47.5 Å². The van der Waals surface area contributed by atoms with Gasteiger partial charge in [0.15, 0.2) is 0 Å². The summed E-state index contributed by atoms with van der Waals surface area (Å²) in [4.78, 5) is 3.71. The van der Waals surface area contributed by atoms with Crippen LogP contribution < -0.4 is 10.2 Å². The number of hydrogen-bond acceptors (Lipinski definition) is 3. The van der Waals surface area contributed by atoms with Crippen molar-refractivity contribution in [3.05, 3.63) is 45.6 Å². The maximum atomic E-state index is 5.99. The molecule has 20 heavy (non-hydrogen) atoms. The van der Waals surface area contributed by atoms with Crippen LogP contribution >= 0.6 is 22.9 Å². The Morgan fingerprint density at radius 2 is 1.80 bits per heavy atom. The van der Waals surface area contributed by atoms with Gasteiger partial charge in [-0.2, -0.15) is 0 Å². The molecule has 1 atom stereocenters. The molecule has 1 unspecified atom stereocenters. The van der Waals surface area contributed by atoms with Crippen molar-refractivity contribution in [1.82, 2.24) is 0 Å². The highest BCUT2D eigenvalue weighted by molar-refractivity contribution is 7.16. The average molecular weight is 307 g/mol. The van der Waals surface area contributed by atoms with Crippen molar-refractivity contribution in [3.63, 3.8) is 0 Å². The Morgan fingerprint density at radius 3 is 2.40 bits per heavy atom. The number of rotatable bonds is 4. The van der Waals surface area contributed by atoms with E-state index < -0.39 is 0 Å². The first-order chi connectivity index (χ1) is 9.72. The Hall–Kier alpha value is -1.19. The Morgan fingerprint density at radius 1 is 1.10 bits per heavy atom. The SMILES string of the molecule is CC(Nc1ccc(N2CCCC2)cc1)c1ccc(Cl)s1. The van der Waals surface area contributed by atoms with Crippen LogP contribution in [0.3, 0.4) is 0 Å². The second-order valence-corrected chi connectivity index (χ2v) is 7.00. The lowest BCUT2D eigenvalue weighted by Gasteiger charge is -2.19. The highest BCUT2D eigenvalue weighted by atomic mass is 35.5. The molecule has 2 heterocycles. The second kappa shape index (κ2) is 6.06. The Bertz CT molecular complexity index is 558. The Labute approximate surface area is 129 Å². The number of nitrogens with one attached hydrogen (secondary N) is 1. The van der Waals surface area contributed by atoms with Gasteiger partial charge in [-0.1, -0.05) is 11.6 Å². The van der Waals surface area contributed by atoms with E-state index >= 15 is 0 Å². The summed E-state index contributed by atoms with van der Waals surface area (Å²) in [6, 6.07) is 13.1. The molecule has 1 saturated heterocycles. The summed E-state index contributed by atoms with van der Waals surface area (Å²) in [5.41, 5.74) is 2.49. The number of nitrogens with zero attached hydrogens (tertiary/aromatic N) is 1. The van der Waals surface area contributed by atoms with Gasteiger partial charge in [-0.15, -0.1) is 11.3 Å².